The van der Waals surface area contributed by atoms with E-state index < -0.39 is 17.7 Å². The van der Waals surface area contributed by atoms with Crippen molar-refractivity contribution in [2.24, 2.45) is 5.73 Å². The number of aromatic nitrogens is 4. The van der Waals surface area contributed by atoms with Gasteiger partial charge in [0, 0.05) is 22.3 Å². The number of rotatable bonds is 5. The third kappa shape index (κ3) is 3.83. The fraction of sp³-hybridized carbons (Fsp3) is 0.0667. The van der Waals surface area contributed by atoms with Crippen molar-refractivity contribution in [1.29, 1.82) is 0 Å². The minimum atomic E-state index is -0.689. The van der Waals surface area contributed by atoms with Crippen molar-refractivity contribution in [3.8, 4) is 0 Å². The minimum absolute atomic E-state index is 0.00207. The largest absolute Gasteiger partial charge is 0.368 e. The van der Waals surface area contributed by atoms with Crippen LogP contribution in [0.25, 0.3) is 11.0 Å². The van der Waals surface area contributed by atoms with Crippen molar-refractivity contribution in [1.82, 2.24) is 25.5 Å². The van der Waals surface area contributed by atoms with Gasteiger partial charge in [0.2, 0.25) is 5.91 Å². The highest BCUT2D eigenvalue weighted by Gasteiger charge is 2.17. The molecule has 0 radical (unpaired) electrons. The van der Waals surface area contributed by atoms with Crippen LogP contribution < -0.4 is 16.4 Å². The molecule has 0 unspecified atom stereocenters. The van der Waals surface area contributed by atoms with E-state index >= 15 is 0 Å². The fourth-order valence-corrected chi connectivity index (χ4v) is 2.47. The number of hydrogen-bond acceptors (Lipinski definition) is 6. The second-order valence-electron chi connectivity index (χ2n) is 5.19. The first-order valence-corrected chi connectivity index (χ1v) is 8.06. The summed E-state index contributed by atoms with van der Waals surface area (Å²) in [6.45, 7) is -0.332. The van der Waals surface area contributed by atoms with E-state index in [1.54, 1.807) is 18.3 Å². The maximum atomic E-state index is 12.5. The van der Waals surface area contributed by atoms with Crippen molar-refractivity contribution in [3.05, 3.63) is 46.5 Å². The van der Waals surface area contributed by atoms with Crippen LogP contribution in [-0.2, 0) is 4.79 Å². The number of nitrogens with one attached hydrogen (secondary N) is 3. The zero-order valence-corrected chi connectivity index (χ0v) is 14.7. The highest BCUT2D eigenvalue weighted by Crippen LogP contribution is 2.18. The summed E-state index contributed by atoms with van der Waals surface area (Å²) in [4.78, 5) is 43.5. The molecule has 0 aliphatic carbocycles. The number of anilines is 1. The van der Waals surface area contributed by atoms with E-state index in [0.29, 0.717) is 11.0 Å². The van der Waals surface area contributed by atoms with E-state index in [1.807, 2.05) is 0 Å². The second-order valence-corrected chi connectivity index (χ2v) is 6.10. The van der Waals surface area contributed by atoms with Crippen LogP contribution in [0.2, 0.25) is 0 Å². The Bertz CT molecular complexity index is 1020. The van der Waals surface area contributed by atoms with Crippen molar-refractivity contribution >= 4 is 50.4 Å². The molecule has 0 spiro atoms. The van der Waals surface area contributed by atoms with Crippen LogP contribution in [0.4, 0.5) is 5.69 Å². The number of H-pyrrole nitrogens is 1. The van der Waals surface area contributed by atoms with Gasteiger partial charge < -0.3 is 16.4 Å². The van der Waals surface area contributed by atoms with E-state index in [1.165, 1.54) is 12.4 Å². The molecule has 3 aromatic heterocycles. The number of carbonyl (C=O) groups is 3. The zero-order valence-electron chi connectivity index (χ0n) is 13.1. The third-order valence-corrected chi connectivity index (χ3v) is 3.73. The number of halogens is 1. The van der Waals surface area contributed by atoms with Crippen molar-refractivity contribution < 1.29 is 14.4 Å². The van der Waals surface area contributed by atoms with Crippen LogP contribution in [-0.4, -0.2) is 44.4 Å². The van der Waals surface area contributed by atoms with Gasteiger partial charge in [-0.3, -0.25) is 19.5 Å². The van der Waals surface area contributed by atoms with E-state index in [4.69, 9.17) is 5.73 Å². The summed E-state index contributed by atoms with van der Waals surface area (Å²) in [5.74, 6) is -1.79. The average molecular weight is 418 g/mol. The van der Waals surface area contributed by atoms with Gasteiger partial charge in [0.1, 0.15) is 5.69 Å². The van der Waals surface area contributed by atoms with Gasteiger partial charge in [-0.25, -0.2) is 9.97 Å². The standard InChI is InChI=1S/C15H12BrN7O3/c16-9-2-7-1-8(3-18-13(7)19-4-9)14(25)22-10-5-21-23-12(10)15(26)20-6-11(17)24/h1-5H,6H2,(H2,17,24)(H,20,26)(H,21,23)(H,22,25). The van der Waals surface area contributed by atoms with Crippen LogP contribution >= 0.6 is 15.9 Å². The Morgan fingerprint density at radius 1 is 1.12 bits per heavy atom. The van der Waals surface area contributed by atoms with Crippen LogP contribution in [0.5, 0.6) is 0 Å². The summed E-state index contributed by atoms with van der Waals surface area (Å²) >= 11 is 3.31. The summed E-state index contributed by atoms with van der Waals surface area (Å²) in [6, 6.07) is 3.41. The molecule has 0 atom stereocenters. The molecule has 0 aromatic carbocycles. The Morgan fingerprint density at radius 2 is 1.88 bits per heavy atom. The van der Waals surface area contributed by atoms with Crippen molar-refractivity contribution in [2.75, 3.05) is 11.9 Å². The van der Waals surface area contributed by atoms with E-state index in [2.05, 4.69) is 46.7 Å². The SMILES string of the molecule is NC(=O)CNC(=O)c1[nH]ncc1NC(=O)c1cnc2ncc(Br)cc2c1. The van der Waals surface area contributed by atoms with E-state index in [-0.39, 0.29) is 23.5 Å². The Labute approximate surface area is 154 Å². The summed E-state index contributed by atoms with van der Waals surface area (Å²) in [5, 5.41) is 11.8. The Hall–Kier alpha value is -3.34. The molecule has 11 heteroatoms. The smallest absolute Gasteiger partial charge is 0.271 e. The van der Waals surface area contributed by atoms with Gasteiger partial charge in [0.25, 0.3) is 11.8 Å². The molecule has 0 fully saturated rings. The van der Waals surface area contributed by atoms with Gasteiger partial charge in [-0.1, -0.05) is 0 Å². The predicted octanol–water partition coefficient (Wildman–Crippen LogP) is 0.583. The molecule has 3 amide bonds. The molecule has 132 valence electrons. The Kier molecular flexibility index (Phi) is 4.89. The maximum absolute atomic E-state index is 12.5. The lowest BCUT2D eigenvalue weighted by Gasteiger charge is -2.07. The highest BCUT2D eigenvalue weighted by molar-refractivity contribution is 9.10. The van der Waals surface area contributed by atoms with Crippen molar-refractivity contribution in [3.63, 3.8) is 0 Å². The monoisotopic (exact) mass is 417 g/mol. The molecule has 0 aliphatic heterocycles. The zero-order chi connectivity index (χ0) is 18.7. The van der Waals surface area contributed by atoms with E-state index in [9.17, 15) is 14.4 Å². The van der Waals surface area contributed by atoms with Gasteiger partial charge in [0.15, 0.2) is 5.65 Å². The lowest BCUT2D eigenvalue weighted by molar-refractivity contribution is -0.117. The summed E-state index contributed by atoms with van der Waals surface area (Å²) < 4.78 is 0.757. The number of aromatic amines is 1. The molecule has 26 heavy (non-hydrogen) atoms. The van der Waals surface area contributed by atoms with Crippen LogP contribution in [0.15, 0.2) is 35.2 Å². The first-order chi connectivity index (χ1) is 12.4. The van der Waals surface area contributed by atoms with E-state index in [0.717, 1.165) is 4.47 Å². The molecule has 10 nitrogen and oxygen atoms in total. The highest BCUT2D eigenvalue weighted by atomic mass is 79.9. The number of nitrogens with zero attached hydrogens (tertiary/aromatic N) is 3. The predicted molar refractivity (Wildman–Crippen MR) is 95.3 cm³/mol. The topological polar surface area (TPSA) is 156 Å². The number of amides is 3. The first kappa shape index (κ1) is 17.5. The summed E-state index contributed by atoms with van der Waals surface area (Å²) in [5.41, 5.74) is 5.91. The lowest BCUT2D eigenvalue weighted by Crippen LogP contribution is -2.34. The molecule has 3 rings (SSSR count). The molecular formula is C15H12BrN7O3. The summed E-state index contributed by atoms with van der Waals surface area (Å²) in [6.07, 6.45) is 4.27. The minimum Gasteiger partial charge on any atom is -0.368 e. The normalized spacial score (nSPS) is 10.5. The lowest BCUT2D eigenvalue weighted by atomic mass is 10.2. The maximum Gasteiger partial charge on any atom is 0.271 e. The molecule has 0 aliphatic rings. The number of carbonyl (C=O) groups excluding carboxylic acids is 3. The fourth-order valence-electron chi connectivity index (χ4n) is 2.13. The molecule has 3 heterocycles. The number of fused-ring (bicyclic) bond motifs is 1. The van der Waals surface area contributed by atoms with Gasteiger partial charge >= 0.3 is 0 Å². The summed E-state index contributed by atoms with van der Waals surface area (Å²) in [7, 11) is 0. The van der Waals surface area contributed by atoms with Gasteiger partial charge in [-0.15, -0.1) is 0 Å². The Balaban J connectivity index is 1.79. The van der Waals surface area contributed by atoms with Gasteiger partial charge in [-0.2, -0.15) is 5.10 Å². The molecule has 3 aromatic rings. The van der Waals surface area contributed by atoms with Gasteiger partial charge in [0.05, 0.1) is 24.0 Å². The average Bonchev–Trinajstić information content (AvgIpc) is 3.07. The van der Waals surface area contributed by atoms with Crippen LogP contribution in [0, 0.1) is 0 Å². The number of hydrogen-bond donors (Lipinski definition) is 4. The van der Waals surface area contributed by atoms with Crippen LogP contribution in [0.3, 0.4) is 0 Å². The molecule has 0 saturated carbocycles. The van der Waals surface area contributed by atoms with Crippen molar-refractivity contribution in [2.45, 2.75) is 0 Å². The second kappa shape index (κ2) is 7.27. The quantitative estimate of drug-likeness (QED) is 0.475. The van der Waals surface area contributed by atoms with Gasteiger partial charge in [-0.05, 0) is 28.1 Å². The number of pyridine rings is 2. The number of nitrogens with two attached hydrogens (primary N) is 1. The first-order valence-electron chi connectivity index (χ1n) is 7.26. The van der Waals surface area contributed by atoms with Crippen LogP contribution in [0.1, 0.15) is 20.8 Å². The third-order valence-electron chi connectivity index (χ3n) is 3.30. The number of primary amides is 1. The molecule has 5 N–H and O–H groups in total. The Morgan fingerprint density at radius 3 is 2.65 bits per heavy atom. The molecule has 0 saturated heterocycles. The molecule has 0 bridgehead atoms. The molecular weight excluding hydrogens is 406 g/mol.